The molecule has 132 valence electrons. The second-order valence-corrected chi connectivity index (χ2v) is 6.88. The van der Waals surface area contributed by atoms with Gasteiger partial charge in [-0.3, -0.25) is 0 Å². The van der Waals surface area contributed by atoms with E-state index in [1.807, 2.05) is 18.2 Å². The Kier molecular flexibility index (Phi) is 4.61. The molecule has 3 heteroatoms. The maximum atomic E-state index is 11.8. The number of carbonyl (C=O) groups is 1. The van der Waals surface area contributed by atoms with Crippen molar-refractivity contribution in [3.63, 3.8) is 0 Å². The minimum absolute atomic E-state index is 0.274. The van der Waals surface area contributed by atoms with Crippen LogP contribution in [-0.4, -0.2) is 25.7 Å². The Morgan fingerprint density at radius 3 is 2.77 bits per heavy atom. The van der Waals surface area contributed by atoms with Crippen molar-refractivity contribution in [2.24, 2.45) is 0 Å². The molecule has 26 heavy (non-hydrogen) atoms. The molecule has 0 aliphatic carbocycles. The van der Waals surface area contributed by atoms with Crippen LogP contribution in [0.1, 0.15) is 28.8 Å². The molecule has 0 spiro atoms. The lowest BCUT2D eigenvalue weighted by Crippen LogP contribution is -2.31. The highest BCUT2D eigenvalue weighted by Gasteiger charge is 2.26. The number of fused-ring (bicyclic) bond motifs is 1. The summed E-state index contributed by atoms with van der Waals surface area (Å²) in [5, 5.41) is 2.59. The third-order valence-corrected chi connectivity index (χ3v) is 5.27. The number of methoxy groups -OCH3 is 1. The van der Waals surface area contributed by atoms with Gasteiger partial charge in [0.05, 0.1) is 12.7 Å². The predicted molar refractivity (Wildman–Crippen MR) is 106 cm³/mol. The molecule has 1 aliphatic heterocycles. The van der Waals surface area contributed by atoms with Gasteiger partial charge in [0.25, 0.3) is 0 Å². The van der Waals surface area contributed by atoms with Crippen LogP contribution in [0.4, 0.5) is 5.69 Å². The SMILES string of the molecule is COC(=O)c1cccc(CC2CCCN2c2cccc3ccccc23)c1. The molecule has 1 aliphatic rings. The lowest BCUT2D eigenvalue weighted by Gasteiger charge is -2.28. The first kappa shape index (κ1) is 16.6. The number of nitrogens with zero attached hydrogens (tertiary/aromatic N) is 1. The number of hydrogen-bond acceptors (Lipinski definition) is 3. The summed E-state index contributed by atoms with van der Waals surface area (Å²) < 4.78 is 4.85. The Morgan fingerprint density at radius 1 is 1.08 bits per heavy atom. The number of esters is 1. The van der Waals surface area contributed by atoms with Gasteiger partial charge in [0.15, 0.2) is 0 Å². The maximum absolute atomic E-state index is 11.8. The molecular weight excluding hydrogens is 322 g/mol. The third kappa shape index (κ3) is 3.17. The minimum Gasteiger partial charge on any atom is -0.465 e. The van der Waals surface area contributed by atoms with Gasteiger partial charge in [-0.05, 0) is 48.4 Å². The lowest BCUT2D eigenvalue weighted by molar-refractivity contribution is 0.0600. The van der Waals surface area contributed by atoms with Crippen LogP contribution in [0.5, 0.6) is 0 Å². The molecule has 4 rings (SSSR count). The standard InChI is InChI=1S/C23H23NO2/c1-26-23(25)19-10-4-7-17(15-19)16-20-11-6-14-24(20)22-13-5-9-18-8-2-3-12-21(18)22/h2-5,7-10,12-13,15,20H,6,11,14,16H2,1H3. The number of carbonyl (C=O) groups excluding carboxylic acids is 1. The molecule has 3 nitrogen and oxygen atoms in total. The van der Waals surface area contributed by atoms with E-state index in [4.69, 9.17) is 4.74 Å². The van der Waals surface area contributed by atoms with Gasteiger partial charge < -0.3 is 9.64 Å². The van der Waals surface area contributed by atoms with Crippen LogP contribution >= 0.6 is 0 Å². The summed E-state index contributed by atoms with van der Waals surface area (Å²) in [6.45, 7) is 1.08. The number of hydrogen-bond donors (Lipinski definition) is 0. The molecule has 3 aromatic carbocycles. The van der Waals surface area contributed by atoms with Crippen molar-refractivity contribution in [1.82, 2.24) is 0 Å². The van der Waals surface area contributed by atoms with Gasteiger partial charge in [0.1, 0.15) is 0 Å². The van der Waals surface area contributed by atoms with Crippen molar-refractivity contribution in [3.8, 4) is 0 Å². The smallest absolute Gasteiger partial charge is 0.337 e. The van der Waals surface area contributed by atoms with Crippen molar-refractivity contribution in [3.05, 3.63) is 77.9 Å². The van der Waals surface area contributed by atoms with Crippen LogP contribution in [0, 0.1) is 0 Å². The fourth-order valence-electron chi connectivity index (χ4n) is 4.04. The van der Waals surface area contributed by atoms with Gasteiger partial charge >= 0.3 is 5.97 Å². The zero-order valence-corrected chi connectivity index (χ0v) is 15.0. The van der Waals surface area contributed by atoms with E-state index in [0.29, 0.717) is 11.6 Å². The summed E-state index contributed by atoms with van der Waals surface area (Å²) in [5.74, 6) is -0.274. The second kappa shape index (κ2) is 7.20. The molecule has 1 atom stereocenters. The summed E-state index contributed by atoms with van der Waals surface area (Å²) in [7, 11) is 1.42. The number of anilines is 1. The fraction of sp³-hybridized carbons (Fsp3) is 0.261. The molecular formula is C23H23NO2. The zero-order chi connectivity index (χ0) is 17.9. The van der Waals surface area contributed by atoms with Gasteiger partial charge in [-0.2, -0.15) is 0 Å². The molecule has 1 unspecified atom stereocenters. The first-order valence-corrected chi connectivity index (χ1v) is 9.18. The van der Waals surface area contributed by atoms with Gasteiger partial charge in [0, 0.05) is 23.7 Å². The molecule has 3 aromatic rings. The van der Waals surface area contributed by atoms with Gasteiger partial charge in [-0.15, -0.1) is 0 Å². The quantitative estimate of drug-likeness (QED) is 0.634. The Morgan fingerprint density at radius 2 is 1.88 bits per heavy atom. The second-order valence-electron chi connectivity index (χ2n) is 6.88. The molecule has 1 saturated heterocycles. The maximum Gasteiger partial charge on any atom is 0.337 e. The molecule has 1 fully saturated rings. The highest BCUT2D eigenvalue weighted by Crippen LogP contribution is 2.33. The van der Waals surface area contributed by atoms with E-state index in [-0.39, 0.29) is 5.97 Å². The van der Waals surface area contributed by atoms with Gasteiger partial charge in [0.2, 0.25) is 0 Å². The van der Waals surface area contributed by atoms with Gasteiger partial charge in [-0.1, -0.05) is 48.5 Å². The topological polar surface area (TPSA) is 29.5 Å². The van der Waals surface area contributed by atoms with Crippen molar-refractivity contribution >= 4 is 22.4 Å². The summed E-state index contributed by atoms with van der Waals surface area (Å²) in [5.41, 5.74) is 3.12. The number of benzene rings is 3. The summed E-state index contributed by atoms with van der Waals surface area (Å²) in [6.07, 6.45) is 3.31. The highest BCUT2D eigenvalue weighted by molar-refractivity contribution is 5.94. The molecule has 0 N–H and O–H groups in total. The van der Waals surface area contributed by atoms with E-state index in [1.54, 1.807) is 0 Å². The largest absolute Gasteiger partial charge is 0.465 e. The van der Waals surface area contributed by atoms with Crippen LogP contribution in [0.2, 0.25) is 0 Å². The van der Waals surface area contributed by atoms with Crippen LogP contribution in [-0.2, 0) is 11.2 Å². The molecule has 0 radical (unpaired) electrons. The van der Waals surface area contributed by atoms with Crippen LogP contribution < -0.4 is 4.90 Å². The molecule has 0 saturated carbocycles. The number of rotatable bonds is 4. The van der Waals surface area contributed by atoms with E-state index in [2.05, 4.69) is 53.4 Å². The normalized spacial score (nSPS) is 16.8. The van der Waals surface area contributed by atoms with E-state index < -0.39 is 0 Å². The van der Waals surface area contributed by atoms with Crippen molar-refractivity contribution in [2.45, 2.75) is 25.3 Å². The predicted octanol–water partition coefficient (Wildman–Crippen LogP) is 4.84. The number of ether oxygens (including phenoxy) is 1. The zero-order valence-electron chi connectivity index (χ0n) is 15.0. The Labute approximate surface area is 154 Å². The average molecular weight is 345 g/mol. The van der Waals surface area contributed by atoms with E-state index >= 15 is 0 Å². The van der Waals surface area contributed by atoms with E-state index in [0.717, 1.165) is 13.0 Å². The lowest BCUT2D eigenvalue weighted by atomic mass is 10.0. The minimum atomic E-state index is -0.274. The first-order chi connectivity index (χ1) is 12.8. The average Bonchev–Trinajstić information content (AvgIpc) is 3.15. The summed E-state index contributed by atoms with van der Waals surface area (Å²) >= 11 is 0. The Balaban J connectivity index is 1.62. The van der Waals surface area contributed by atoms with Crippen molar-refractivity contribution < 1.29 is 9.53 Å². The molecule has 1 heterocycles. The third-order valence-electron chi connectivity index (χ3n) is 5.27. The monoisotopic (exact) mass is 345 g/mol. The van der Waals surface area contributed by atoms with E-state index in [1.165, 1.54) is 42.0 Å². The first-order valence-electron chi connectivity index (χ1n) is 9.18. The summed E-state index contributed by atoms with van der Waals surface area (Å²) in [4.78, 5) is 14.3. The van der Waals surface area contributed by atoms with Gasteiger partial charge in [-0.25, -0.2) is 4.79 Å². The fourth-order valence-corrected chi connectivity index (χ4v) is 4.04. The van der Waals surface area contributed by atoms with Crippen LogP contribution in [0.15, 0.2) is 66.7 Å². The van der Waals surface area contributed by atoms with Crippen molar-refractivity contribution in [2.75, 3.05) is 18.6 Å². The highest BCUT2D eigenvalue weighted by atomic mass is 16.5. The van der Waals surface area contributed by atoms with E-state index in [9.17, 15) is 4.79 Å². The van der Waals surface area contributed by atoms with Crippen LogP contribution in [0.25, 0.3) is 10.8 Å². The van der Waals surface area contributed by atoms with Crippen LogP contribution in [0.3, 0.4) is 0 Å². The molecule has 0 amide bonds. The molecule has 0 aromatic heterocycles. The molecule has 0 bridgehead atoms. The Hall–Kier alpha value is -2.81. The van der Waals surface area contributed by atoms with Crippen molar-refractivity contribution in [1.29, 1.82) is 0 Å². The summed E-state index contributed by atoms with van der Waals surface area (Å²) in [6, 6.07) is 23.4. The Bertz CT molecular complexity index is 929.